The Balaban J connectivity index is 1.38. The van der Waals surface area contributed by atoms with Gasteiger partial charge < -0.3 is 10.2 Å². The molecule has 4 amide bonds. The molecular weight excluding hydrogens is 401 g/mol. The first kappa shape index (κ1) is 19.3. The van der Waals surface area contributed by atoms with E-state index in [1.54, 1.807) is 11.0 Å². The minimum absolute atomic E-state index is 0.00611. The molecule has 6 nitrogen and oxygen atoms in total. The van der Waals surface area contributed by atoms with E-state index in [9.17, 15) is 14.4 Å². The van der Waals surface area contributed by atoms with Crippen LogP contribution < -0.4 is 10.6 Å². The Bertz CT molecular complexity index is 861. The van der Waals surface area contributed by atoms with E-state index in [1.165, 1.54) is 0 Å². The summed E-state index contributed by atoms with van der Waals surface area (Å²) in [5.74, 6) is -0.174. The van der Waals surface area contributed by atoms with E-state index in [4.69, 9.17) is 23.2 Å². The van der Waals surface area contributed by atoms with Crippen LogP contribution in [0.4, 0.5) is 4.79 Å². The number of nitrogens with zero attached hydrogens (tertiary/aromatic N) is 1. The molecule has 2 heterocycles. The van der Waals surface area contributed by atoms with E-state index in [0.29, 0.717) is 36.0 Å². The predicted molar refractivity (Wildman–Crippen MR) is 107 cm³/mol. The molecule has 28 heavy (non-hydrogen) atoms. The van der Waals surface area contributed by atoms with Crippen LogP contribution in [-0.4, -0.2) is 41.4 Å². The first-order valence-corrected chi connectivity index (χ1v) is 10.2. The Morgan fingerprint density at radius 2 is 1.89 bits per heavy atom. The third kappa shape index (κ3) is 3.76. The molecule has 1 saturated carbocycles. The molecule has 1 aromatic carbocycles. The Labute approximate surface area is 173 Å². The first-order valence-electron chi connectivity index (χ1n) is 9.44. The van der Waals surface area contributed by atoms with Gasteiger partial charge in [0.2, 0.25) is 5.91 Å². The van der Waals surface area contributed by atoms with Gasteiger partial charge >= 0.3 is 6.03 Å². The van der Waals surface area contributed by atoms with E-state index >= 15 is 0 Å². The number of benzene rings is 1. The van der Waals surface area contributed by atoms with Gasteiger partial charge in [-0.3, -0.25) is 14.9 Å². The van der Waals surface area contributed by atoms with Crippen LogP contribution in [0.2, 0.25) is 10.0 Å². The molecule has 1 aliphatic carbocycles. The molecule has 1 atom stereocenters. The highest BCUT2D eigenvalue weighted by Crippen LogP contribution is 2.43. The average Bonchev–Trinajstić information content (AvgIpc) is 3.45. The molecule has 8 heteroatoms. The number of imide groups is 1. The van der Waals surface area contributed by atoms with Gasteiger partial charge in [0.25, 0.3) is 5.91 Å². The first-order chi connectivity index (χ1) is 13.4. The van der Waals surface area contributed by atoms with Crippen molar-refractivity contribution >= 4 is 46.6 Å². The highest BCUT2D eigenvalue weighted by Gasteiger charge is 2.55. The number of hydrogen-bond acceptors (Lipinski definition) is 3. The molecule has 2 aliphatic heterocycles. The molecule has 0 aromatic heterocycles. The maximum absolute atomic E-state index is 12.7. The fourth-order valence-electron chi connectivity index (χ4n) is 4.11. The lowest BCUT2D eigenvalue weighted by atomic mass is 9.87. The average molecular weight is 422 g/mol. The summed E-state index contributed by atoms with van der Waals surface area (Å²) < 4.78 is 0. The van der Waals surface area contributed by atoms with Crippen LogP contribution in [0.1, 0.15) is 37.7 Å². The Kier molecular flexibility index (Phi) is 5.10. The van der Waals surface area contributed by atoms with Crippen molar-refractivity contribution < 1.29 is 14.4 Å². The molecule has 0 radical (unpaired) electrons. The Hall–Kier alpha value is -2.05. The van der Waals surface area contributed by atoms with Crippen molar-refractivity contribution in [3.05, 3.63) is 39.9 Å². The molecule has 148 valence electrons. The van der Waals surface area contributed by atoms with Crippen LogP contribution in [-0.2, 0) is 9.59 Å². The lowest BCUT2D eigenvalue weighted by molar-refractivity contribution is -0.132. The number of nitrogens with one attached hydrogen (secondary N) is 2. The molecule has 3 aliphatic rings. The maximum atomic E-state index is 12.7. The fraction of sp³-hybridized carbons (Fsp3) is 0.450. The van der Waals surface area contributed by atoms with Gasteiger partial charge in [-0.2, -0.15) is 0 Å². The van der Waals surface area contributed by atoms with Gasteiger partial charge in [-0.25, -0.2) is 4.79 Å². The van der Waals surface area contributed by atoms with Gasteiger partial charge in [0.15, 0.2) is 0 Å². The van der Waals surface area contributed by atoms with Crippen LogP contribution in [0.15, 0.2) is 24.3 Å². The summed E-state index contributed by atoms with van der Waals surface area (Å²) in [5.41, 5.74) is 1.18. The Morgan fingerprint density at radius 1 is 1.18 bits per heavy atom. The monoisotopic (exact) mass is 421 g/mol. The summed E-state index contributed by atoms with van der Waals surface area (Å²) in [7, 11) is 0. The van der Waals surface area contributed by atoms with Crippen molar-refractivity contribution in [2.24, 2.45) is 5.92 Å². The van der Waals surface area contributed by atoms with Crippen molar-refractivity contribution in [1.29, 1.82) is 0 Å². The second-order valence-corrected chi connectivity index (χ2v) is 8.50. The summed E-state index contributed by atoms with van der Waals surface area (Å²) >= 11 is 12.2. The van der Waals surface area contributed by atoms with Gasteiger partial charge in [0.1, 0.15) is 5.54 Å². The molecule has 4 rings (SSSR count). The predicted octanol–water partition coefficient (Wildman–Crippen LogP) is 3.38. The number of halogens is 2. The molecule has 0 bridgehead atoms. The number of rotatable bonds is 5. The van der Waals surface area contributed by atoms with Gasteiger partial charge in [0.05, 0.1) is 0 Å². The normalized spacial score (nSPS) is 24.6. The fourth-order valence-corrected chi connectivity index (χ4v) is 4.63. The molecule has 0 spiro atoms. The number of urea groups is 1. The van der Waals surface area contributed by atoms with Crippen molar-refractivity contribution in [2.45, 2.75) is 37.6 Å². The van der Waals surface area contributed by atoms with Crippen LogP contribution in [0.25, 0.3) is 5.57 Å². The van der Waals surface area contributed by atoms with E-state index in [1.807, 2.05) is 18.2 Å². The topological polar surface area (TPSA) is 78.5 Å². The minimum atomic E-state index is -0.916. The smallest absolute Gasteiger partial charge is 0.322 e. The molecule has 1 saturated heterocycles. The van der Waals surface area contributed by atoms with Crippen LogP contribution in [0, 0.1) is 5.92 Å². The molecular formula is C20H21Cl2N3O3. The van der Waals surface area contributed by atoms with Crippen molar-refractivity contribution in [1.82, 2.24) is 15.5 Å². The highest BCUT2D eigenvalue weighted by atomic mass is 35.5. The molecule has 2 N–H and O–H groups in total. The van der Waals surface area contributed by atoms with Crippen molar-refractivity contribution in [3.8, 4) is 0 Å². The third-order valence-corrected chi connectivity index (χ3v) is 6.21. The molecule has 1 aromatic rings. The Morgan fingerprint density at radius 3 is 2.43 bits per heavy atom. The van der Waals surface area contributed by atoms with Crippen LogP contribution in [0.3, 0.4) is 0 Å². The van der Waals surface area contributed by atoms with E-state index in [0.717, 1.165) is 24.0 Å². The van der Waals surface area contributed by atoms with Gasteiger partial charge in [0, 0.05) is 29.6 Å². The summed E-state index contributed by atoms with van der Waals surface area (Å²) in [6.07, 6.45) is 5.11. The SMILES string of the molecule is O=C1NC(=O)C(CCC(=O)N2CC=C(c3cc(Cl)cc(Cl)c3)CC2)(C2CC2)N1. The number of hydrogen-bond donors (Lipinski definition) is 2. The molecule has 2 fully saturated rings. The zero-order chi connectivity index (χ0) is 19.9. The molecule has 1 unspecified atom stereocenters. The van der Waals surface area contributed by atoms with Crippen molar-refractivity contribution in [3.63, 3.8) is 0 Å². The van der Waals surface area contributed by atoms with E-state index < -0.39 is 11.6 Å². The van der Waals surface area contributed by atoms with E-state index in [2.05, 4.69) is 10.6 Å². The summed E-state index contributed by atoms with van der Waals surface area (Å²) in [4.78, 5) is 38.4. The largest absolute Gasteiger partial charge is 0.339 e. The summed E-state index contributed by atoms with van der Waals surface area (Å²) in [6.45, 7) is 1.11. The standard InChI is InChI=1S/C20H21Cl2N3O3/c21-15-9-13(10-16(22)11-15)12-4-7-25(8-5-12)17(26)3-6-20(14-1-2-14)18(27)23-19(28)24-20/h4,9-11,14H,1-3,5-8H2,(H2,23,24,27,28). The zero-order valence-corrected chi connectivity index (χ0v) is 16.8. The maximum Gasteiger partial charge on any atom is 0.322 e. The summed E-state index contributed by atoms with van der Waals surface area (Å²) in [6, 6.07) is 4.98. The van der Waals surface area contributed by atoms with Crippen molar-refractivity contribution in [2.75, 3.05) is 13.1 Å². The lowest BCUT2D eigenvalue weighted by Crippen LogP contribution is -2.50. The van der Waals surface area contributed by atoms with Crippen LogP contribution in [0.5, 0.6) is 0 Å². The van der Waals surface area contributed by atoms with Gasteiger partial charge in [-0.05, 0) is 60.9 Å². The van der Waals surface area contributed by atoms with Crippen LogP contribution >= 0.6 is 23.2 Å². The summed E-state index contributed by atoms with van der Waals surface area (Å²) in [5, 5.41) is 6.26. The van der Waals surface area contributed by atoms with Gasteiger partial charge in [-0.15, -0.1) is 0 Å². The number of carbonyl (C=O) groups is 3. The zero-order valence-electron chi connectivity index (χ0n) is 15.3. The second kappa shape index (κ2) is 7.41. The number of amides is 4. The minimum Gasteiger partial charge on any atom is -0.339 e. The quantitative estimate of drug-likeness (QED) is 0.715. The van der Waals surface area contributed by atoms with E-state index in [-0.39, 0.29) is 24.2 Å². The highest BCUT2D eigenvalue weighted by molar-refractivity contribution is 6.34. The number of carbonyl (C=O) groups excluding carboxylic acids is 3. The van der Waals surface area contributed by atoms with Gasteiger partial charge in [-0.1, -0.05) is 29.3 Å². The second-order valence-electron chi connectivity index (χ2n) is 7.63. The third-order valence-electron chi connectivity index (χ3n) is 5.77. The lowest BCUT2D eigenvalue weighted by Gasteiger charge is -2.30.